The van der Waals surface area contributed by atoms with Crippen molar-refractivity contribution in [1.29, 1.82) is 0 Å². The lowest BCUT2D eigenvalue weighted by atomic mass is 10.1. The fraction of sp³-hybridized carbons (Fsp3) is 0.286. The SMILES string of the molecule is O=C(OCC1CCCO1)c1nn(Cc2ccccc2)c(=O)c2ccccc12. The number of carbonyl (C=O) groups is 1. The fourth-order valence-electron chi connectivity index (χ4n) is 3.26. The summed E-state index contributed by atoms with van der Waals surface area (Å²) in [5.74, 6) is -0.538. The molecule has 1 fully saturated rings. The number of ether oxygens (including phenoxy) is 2. The lowest BCUT2D eigenvalue weighted by molar-refractivity contribution is 0.0156. The second kappa shape index (κ2) is 7.72. The molecule has 2 heterocycles. The van der Waals surface area contributed by atoms with Gasteiger partial charge in [0.05, 0.1) is 18.0 Å². The van der Waals surface area contributed by atoms with Gasteiger partial charge in [-0.3, -0.25) is 4.79 Å². The Balaban J connectivity index is 1.69. The summed E-state index contributed by atoms with van der Waals surface area (Å²) in [7, 11) is 0. The van der Waals surface area contributed by atoms with Gasteiger partial charge in [-0.25, -0.2) is 9.48 Å². The lowest BCUT2D eigenvalue weighted by Gasteiger charge is -2.13. The molecule has 4 rings (SSSR count). The molecule has 3 aromatic rings. The molecule has 1 aromatic heterocycles. The Bertz CT molecular complexity index is 1010. The van der Waals surface area contributed by atoms with E-state index in [2.05, 4.69) is 5.10 Å². The average Bonchev–Trinajstić information content (AvgIpc) is 3.23. The molecule has 1 saturated heterocycles. The van der Waals surface area contributed by atoms with Crippen LogP contribution in [-0.4, -0.2) is 35.1 Å². The van der Waals surface area contributed by atoms with Crippen molar-refractivity contribution >= 4 is 16.7 Å². The summed E-state index contributed by atoms with van der Waals surface area (Å²) in [6.07, 6.45) is 1.80. The Morgan fingerprint density at radius 1 is 1.11 bits per heavy atom. The number of esters is 1. The van der Waals surface area contributed by atoms with E-state index < -0.39 is 5.97 Å². The summed E-state index contributed by atoms with van der Waals surface area (Å²) in [6.45, 7) is 1.19. The highest BCUT2D eigenvalue weighted by Crippen LogP contribution is 2.17. The zero-order valence-electron chi connectivity index (χ0n) is 14.8. The molecule has 0 spiro atoms. The van der Waals surface area contributed by atoms with Crippen molar-refractivity contribution in [2.45, 2.75) is 25.5 Å². The van der Waals surface area contributed by atoms with Gasteiger partial charge in [0.25, 0.3) is 5.56 Å². The van der Waals surface area contributed by atoms with E-state index in [1.165, 1.54) is 4.68 Å². The number of hydrogen-bond acceptors (Lipinski definition) is 5. The van der Waals surface area contributed by atoms with Crippen LogP contribution in [0.1, 0.15) is 28.9 Å². The van der Waals surface area contributed by atoms with Crippen LogP contribution in [0.3, 0.4) is 0 Å². The van der Waals surface area contributed by atoms with Gasteiger partial charge in [-0.1, -0.05) is 48.5 Å². The number of nitrogens with zero attached hydrogens (tertiary/aromatic N) is 2. The largest absolute Gasteiger partial charge is 0.458 e. The average molecular weight is 364 g/mol. The molecule has 6 heteroatoms. The minimum absolute atomic E-state index is 0.0598. The molecule has 1 aliphatic rings. The highest BCUT2D eigenvalue weighted by molar-refractivity contribution is 6.02. The topological polar surface area (TPSA) is 70.4 Å². The zero-order chi connectivity index (χ0) is 18.6. The molecule has 0 saturated carbocycles. The Hall–Kier alpha value is -2.99. The van der Waals surface area contributed by atoms with Gasteiger partial charge in [0.15, 0.2) is 5.69 Å². The second-order valence-corrected chi connectivity index (χ2v) is 6.58. The summed E-state index contributed by atoms with van der Waals surface area (Å²) in [4.78, 5) is 25.5. The predicted octanol–water partition coefficient (Wildman–Crippen LogP) is 2.78. The maximum atomic E-state index is 12.8. The quantitative estimate of drug-likeness (QED) is 0.651. The van der Waals surface area contributed by atoms with Gasteiger partial charge < -0.3 is 9.47 Å². The number of fused-ring (bicyclic) bond motifs is 1. The third-order valence-corrected chi connectivity index (χ3v) is 4.66. The molecule has 1 atom stereocenters. The smallest absolute Gasteiger partial charge is 0.359 e. The van der Waals surface area contributed by atoms with Crippen LogP contribution in [-0.2, 0) is 16.0 Å². The summed E-state index contributed by atoms with van der Waals surface area (Å²) < 4.78 is 12.2. The van der Waals surface area contributed by atoms with Crippen molar-refractivity contribution < 1.29 is 14.3 Å². The van der Waals surface area contributed by atoms with Gasteiger partial charge in [-0.15, -0.1) is 0 Å². The van der Waals surface area contributed by atoms with E-state index in [0.29, 0.717) is 17.4 Å². The summed E-state index contributed by atoms with van der Waals surface area (Å²) in [6, 6.07) is 16.5. The molecule has 0 radical (unpaired) electrons. The van der Waals surface area contributed by atoms with E-state index >= 15 is 0 Å². The van der Waals surface area contributed by atoms with Crippen molar-refractivity contribution in [3.8, 4) is 0 Å². The van der Waals surface area contributed by atoms with Gasteiger partial charge in [0.2, 0.25) is 0 Å². The highest BCUT2D eigenvalue weighted by atomic mass is 16.6. The molecule has 1 aliphatic heterocycles. The van der Waals surface area contributed by atoms with Crippen LogP contribution in [0.25, 0.3) is 10.8 Å². The van der Waals surface area contributed by atoms with Crippen LogP contribution in [0.2, 0.25) is 0 Å². The number of aromatic nitrogens is 2. The van der Waals surface area contributed by atoms with E-state index in [1.807, 2.05) is 30.3 Å². The van der Waals surface area contributed by atoms with Crippen molar-refractivity contribution in [3.63, 3.8) is 0 Å². The molecular weight excluding hydrogens is 344 g/mol. The molecule has 138 valence electrons. The van der Waals surface area contributed by atoms with Crippen molar-refractivity contribution in [3.05, 3.63) is 76.2 Å². The van der Waals surface area contributed by atoms with Crippen molar-refractivity contribution in [2.75, 3.05) is 13.2 Å². The molecule has 0 N–H and O–H groups in total. The monoisotopic (exact) mass is 364 g/mol. The summed E-state index contributed by atoms with van der Waals surface area (Å²) in [5, 5.41) is 5.28. The molecule has 6 nitrogen and oxygen atoms in total. The number of carbonyl (C=O) groups excluding carboxylic acids is 1. The second-order valence-electron chi connectivity index (χ2n) is 6.58. The van der Waals surface area contributed by atoms with E-state index in [-0.39, 0.29) is 30.5 Å². The van der Waals surface area contributed by atoms with Gasteiger partial charge in [0.1, 0.15) is 6.61 Å². The first-order valence-corrected chi connectivity index (χ1v) is 9.05. The van der Waals surface area contributed by atoms with E-state index in [1.54, 1.807) is 24.3 Å². The van der Waals surface area contributed by atoms with Crippen LogP contribution in [0, 0.1) is 0 Å². The van der Waals surface area contributed by atoms with Crippen LogP contribution in [0.15, 0.2) is 59.4 Å². The van der Waals surface area contributed by atoms with Gasteiger partial charge in [-0.2, -0.15) is 5.10 Å². The van der Waals surface area contributed by atoms with Crippen molar-refractivity contribution in [1.82, 2.24) is 9.78 Å². The van der Waals surface area contributed by atoms with E-state index in [9.17, 15) is 9.59 Å². The van der Waals surface area contributed by atoms with Gasteiger partial charge >= 0.3 is 5.97 Å². The minimum atomic E-state index is -0.538. The first-order valence-electron chi connectivity index (χ1n) is 9.05. The molecule has 27 heavy (non-hydrogen) atoms. The molecular formula is C21H20N2O4. The van der Waals surface area contributed by atoms with E-state index in [0.717, 1.165) is 18.4 Å². The summed E-state index contributed by atoms with van der Waals surface area (Å²) >= 11 is 0. The Morgan fingerprint density at radius 3 is 2.59 bits per heavy atom. The lowest BCUT2D eigenvalue weighted by Crippen LogP contribution is -2.27. The Morgan fingerprint density at radius 2 is 1.85 bits per heavy atom. The van der Waals surface area contributed by atoms with Crippen LogP contribution in [0.5, 0.6) is 0 Å². The Labute approximate surface area is 156 Å². The number of rotatable bonds is 5. The third-order valence-electron chi connectivity index (χ3n) is 4.66. The molecule has 0 bridgehead atoms. The standard InChI is InChI=1S/C21H20N2O4/c24-20-18-11-5-4-10-17(18)19(21(25)27-14-16-9-6-12-26-16)22-23(20)13-15-7-2-1-3-8-15/h1-5,7-8,10-11,16H,6,9,12-14H2. The number of hydrogen-bond donors (Lipinski definition) is 0. The highest BCUT2D eigenvalue weighted by Gasteiger charge is 2.21. The van der Waals surface area contributed by atoms with Crippen LogP contribution < -0.4 is 5.56 Å². The van der Waals surface area contributed by atoms with E-state index in [4.69, 9.17) is 9.47 Å². The maximum Gasteiger partial charge on any atom is 0.359 e. The maximum absolute atomic E-state index is 12.8. The first-order chi connectivity index (χ1) is 13.2. The first kappa shape index (κ1) is 17.4. The minimum Gasteiger partial charge on any atom is -0.458 e. The summed E-state index contributed by atoms with van der Waals surface area (Å²) in [5.41, 5.74) is 0.852. The molecule has 1 unspecified atom stereocenters. The normalized spacial score (nSPS) is 16.5. The number of benzene rings is 2. The third kappa shape index (κ3) is 3.75. The van der Waals surface area contributed by atoms with Gasteiger partial charge in [0, 0.05) is 12.0 Å². The van der Waals surface area contributed by atoms with Gasteiger partial charge in [-0.05, 0) is 24.5 Å². The molecule has 0 amide bonds. The molecule has 0 aliphatic carbocycles. The van der Waals surface area contributed by atoms with Crippen LogP contribution >= 0.6 is 0 Å². The molecule has 2 aromatic carbocycles. The van der Waals surface area contributed by atoms with Crippen LogP contribution in [0.4, 0.5) is 0 Å². The fourth-order valence-corrected chi connectivity index (χ4v) is 3.26. The van der Waals surface area contributed by atoms with Crippen molar-refractivity contribution in [2.24, 2.45) is 0 Å². The predicted molar refractivity (Wildman–Crippen MR) is 101 cm³/mol. The zero-order valence-corrected chi connectivity index (χ0v) is 14.8. The Kier molecular flexibility index (Phi) is 4.98.